The van der Waals surface area contributed by atoms with Crippen LogP contribution in [0.2, 0.25) is 0 Å². The Hall–Kier alpha value is -2.21. The first-order chi connectivity index (χ1) is 12.7. The number of piperidine rings is 1. The Balaban J connectivity index is 1.72. The second kappa shape index (κ2) is 7.19. The molecule has 26 heavy (non-hydrogen) atoms. The molecule has 0 unspecified atom stereocenters. The Morgan fingerprint density at radius 1 is 1.38 bits per heavy atom. The van der Waals surface area contributed by atoms with Gasteiger partial charge in [0, 0.05) is 37.0 Å². The van der Waals surface area contributed by atoms with Crippen molar-refractivity contribution in [3.05, 3.63) is 46.5 Å². The SMILES string of the molecule is CCn1nc([C@@H]2CCCCN2C(=O)c2ncccc2C)c2c1CCOC2. The van der Waals surface area contributed by atoms with Crippen LogP contribution in [-0.4, -0.2) is 38.7 Å². The molecule has 4 rings (SSSR count). The molecule has 0 aromatic carbocycles. The van der Waals surface area contributed by atoms with E-state index in [0.29, 0.717) is 12.3 Å². The first-order valence-electron chi connectivity index (χ1n) is 9.59. The van der Waals surface area contributed by atoms with Gasteiger partial charge >= 0.3 is 0 Å². The van der Waals surface area contributed by atoms with Crippen LogP contribution in [0.25, 0.3) is 0 Å². The number of amides is 1. The molecule has 6 heteroatoms. The summed E-state index contributed by atoms with van der Waals surface area (Å²) < 4.78 is 7.81. The van der Waals surface area contributed by atoms with Gasteiger partial charge in [-0.05, 0) is 44.7 Å². The van der Waals surface area contributed by atoms with Crippen LogP contribution >= 0.6 is 0 Å². The zero-order valence-electron chi connectivity index (χ0n) is 15.6. The molecule has 2 aliphatic heterocycles. The fourth-order valence-corrected chi connectivity index (χ4v) is 4.17. The minimum absolute atomic E-state index is 0.0147. The minimum atomic E-state index is 0.0147. The van der Waals surface area contributed by atoms with Crippen molar-refractivity contribution < 1.29 is 9.53 Å². The third-order valence-corrected chi connectivity index (χ3v) is 5.52. The van der Waals surface area contributed by atoms with Gasteiger partial charge in [-0.25, -0.2) is 0 Å². The van der Waals surface area contributed by atoms with E-state index in [0.717, 1.165) is 56.6 Å². The van der Waals surface area contributed by atoms with E-state index in [1.165, 1.54) is 11.3 Å². The highest BCUT2D eigenvalue weighted by Gasteiger charge is 2.35. The number of carbonyl (C=O) groups excluding carboxylic acids is 1. The summed E-state index contributed by atoms with van der Waals surface area (Å²) in [5.74, 6) is 0.0179. The van der Waals surface area contributed by atoms with Crippen LogP contribution < -0.4 is 0 Å². The minimum Gasteiger partial charge on any atom is -0.376 e. The average Bonchev–Trinajstić information content (AvgIpc) is 3.06. The largest absolute Gasteiger partial charge is 0.376 e. The summed E-state index contributed by atoms with van der Waals surface area (Å²) in [6.07, 6.45) is 5.69. The molecule has 4 heterocycles. The highest BCUT2D eigenvalue weighted by molar-refractivity contribution is 5.94. The standard InChI is InChI=1S/C20H26N4O2/c1-3-24-16-9-12-26-13-15(16)19(22-24)17-8-4-5-11-23(17)20(25)18-14(2)7-6-10-21-18/h6-7,10,17H,3-5,8-9,11-13H2,1-2H3/t17-/m0/s1. The zero-order valence-corrected chi connectivity index (χ0v) is 15.6. The van der Waals surface area contributed by atoms with Gasteiger partial charge in [-0.15, -0.1) is 0 Å². The molecule has 0 bridgehead atoms. The summed E-state index contributed by atoms with van der Waals surface area (Å²) in [5.41, 5.74) is 4.98. The Bertz CT molecular complexity index is 814. The summed E-state index contributed by atoms with van der Waals surface area (Å²) in [6.45, 7) is 7.02. The number of pyridine rings is 1. The van der Waals surface area contributed by atoms with E-state index in [-0.39, 0.29) is 11.9 Å². The number of fused-ring (bicyclic) bond motifs is 1. The van der Waals surface area contributed by atoms with Gasteiger partial charge in [0.05, 0.1) is 24.9 Å². The second-order valence-electron chi connectivity index (χ2n) is 7.11. The molecule has 2 aliphatic rings. The molecular formula is C20H26N4O2. The van der Waals surface area contributed by atoms with Crippen molar-refractivity contribution in [3.8, 4) is 0 Å². The molecule has 0 aliphatic carbocycles. The molecule has 1 amide bonds. The summed E-state index contributed by atoms with van der Waals surface area (Å²) >= 11 is 0. The topological polar surface area (TPSA) is 60.2 Å². The van der Waals surface area contributed by atoms with Crippen molar-refractivity contribution in [2.75, 3.05) is 13.2 Å². The number of likely N-dealkylation sites (tertiary alicyclic amines) is 1. The van der Waals surface area contributed by atoms with E-state index in [1.807, 2.05) is 24.0 Å². The quantitative estimate of drug-likeness (QED) is 0.850. The van der Waals surface area contributed by atoms with Gasteiger partial charge in [-0.1, -0.05) is 6.07 Å². The van der Waals surface area contributed by atoms with Crippen LogP contribution in [0.3, 0.4) is 0 Å². The maximum atomic E-state index is 13.2. The molecule has 0 saturated carbocycles. The number of hydrogen-bond donors (Lipinski definition) is 0. The van der Waals surface area contributed by atoms with E-state index < -0.39 is 0 Å². The molecule has 2 aromatic rings. The van der Waals surface area contributed by atoms with Gasteiger partial charge < -0.3 is 9.64 Å². The third kappa shape index (κ3) is 2.92. The lowest BCUT2D eigenvalue weighted by Gasteiger charge is -2.35. The highest BCUT2D eigenvalue weighted by atomic mass is 16.5. The predicted octanol–water partition coefficient (Wildman–Crippen LogP) is 3.05. The summed E-state index contributed by atoms with van der Waals surface area (Å²) in [7, 11) is 0. The lowest BCUT2D eigenvalue weighted by atomic mass is 9.94. The molecule has 6 nitrogen and oxygen atoms in total. The predicted molar refractivity (Wildman–Crippen MR) is 97.9 cm³/mol. The van der Waals surface area contributed by atoms with Crippen molar-refractivity contribution in [1.82, 2.24) is 19.7 Å². The lowest BCUT2D eigenvalue weighted by molar-refractivity contribution is 0.0589. The number of rotatable bonds is 3. The third-order valence-electron chi connectivity index (χ3n) is 5.52. The first-order valence-corrected chi connectivity index (χ1v) is 9.59. The summed E-state index contributed by atoms with van der Waals surface area (Å²) in [5, 5.41) is 4.91. The van der Waals surface area contributed by atoms with E-state index in [1.54, 1.807) is 6.20 Å². The number of aromatic nitrogens is 3. The van der Waals surface area contributed by atoms with Gasteiger partial charge in [0.1, 0.15) is 5.69 Å². The van der Waals surface area contributed by atoms with E-state index in [9.17, 15) is 4.79 Å². The summed E-state index contributed by atoms with van der Waals surface area (Å²) in [6, 6.07) is 3.83. The van der Waals surface area contributed by atoms with Crippen LogP contribution in [0, 0.1) is 6.92 Å². The van der Waals surface area contributed by atoms with Gasteiger partial charge in [-0.3, -0.25) is 14.5 Å². The van der Waals surface area contributed by atoms with E-state index >= 15 is 0 Å². The van der Waals surface area contributed by atoms with E-state index in [4.69, 9.17) is 9.84 Å². The highest BCUT2D eigenvalue weighted by Crippen LogP contribution is 2.36. The molecule has 0 radical (unpaired) electrons. The number of aryl methyl sites for hydroxylation is 2. The lowest BCUT2D eigenvalue weighted by Crippen LogP contribution is -2.40. The van der Waals surface area contributed by atoms with Crippen LogP contribution in [0.15, 0.2) is 18.3 Å². The number of nitrogens with zero attached hydrogens (tertiary/aromatic N) is 4. The van der Waals surface area contributed by atoms with E-state index in [2.05, 4.69) is 16.6 Å². The van der Waals surface area contributed by atoms with Crippen LogP contribution in [-0.2, 0) is 24.3 Å². The first kappa shape index (κ1) is 17.2. The Labute approximate surface area is 154 Å². The molecule has 138 valence electrons. The fraction of sp³-hybridized carbons (Fsp3) is 0.550. The van der Waals surface area contributed by atoms with Crippen molar-refractivity contribution in [2.24, 2.45) is 0 Å². The van der Waals surface area contributed by atoms with Gasteiger partial charge in [-0.2, -0.15) is 5.10 Å². The van der Waals surface area contributed by atoms with Crippen molar-refractivity contribution >= 4 is 5.91 Å². The number of carbonyl (C=O) groups is 1. The van der Waals surface area contributed by atoms with Crippen molar-refractivity contribution in [1.29, 1.82) is 0 Å². The smallest absolute Gasteiger partial charge is 0.273 e. The Morgan fingerprint density at radius 2 is 2.27 bits per heavy atom. The van der Waals surface area contributed by atoms with Gasteiger partial charge in [0.25, 0.3) is 5.91 Å². The van der Waals surface area contributed by atoms with Crippen molar-refractivity contribution in [3.63, 3.8) is 0 Å². The molecule has 1 fully saturated rings. The maximum absolute atomic E-state index is 13.2. The fourth-order valence-electron chi connectivity index (χ4n) is 4.17. The zero-order chi connectivity index (χ0) is 18.1. The van der Waals surface area contributed by atoms with Gasteiger partial charge in [0.15, 0.2) is 0 Å². The molecular weight excluding hydrogens is 328 g/mol. The number of hydrogen-bond acceptors (Lipinski definition) is 4. The van der Waals surface area contributed by atoms with Crippen LogP contribution in [0.1, 0.15) is 65.2 Å². The maximum Gasteiger partial charge on any atom is 0.273 e. The second-order valence-corrected chi connectivity index (χ2v) is 7.11. The molecule has 0 spiro atoms. The Morgan fingerprint density at radius 3 is 3.08 bits per heavy atom. The molecule has 2 aromatic heterocycles. The number of ether oxygens (including phenoxy) is 1. The molecule has 0 N–H and O–H groups in total. The van der Waals surface area contributed by atoms with Crippen molar-refractivity contribution in [2.45, 2.75) is 58.7 Å². The normalized spacial score (nSPS) is 20.1. The Kier molecular flexibility index (Phi) is 4.76. The van der Waals surface area contributed by atoms with Crippen LogP contribution in [0.5, 0.6) is 0 Å². The summed E-state index contributed by atoms with van der Waals surface area (Å²) in [4.78, 5) is 19.6. The average molecular weight is 354 g/mol. The van der Waals surface area contributed by atoms with Crippen LogP contribution in [0.4, 0.5) is 0 Å². The molecule has 1 saturated heterocycles. The molecule has 1 atom stereocenters. The van der Waals surface area contributed by atoms with Gasteiger partial charge in [0.2, 0.25) is 0 Å². The monoisotopic (exact) mass is 354 g/mol.